The molecule has 12 nitrogen and oxygen atoms in total. The van der Waals surface area contributed by atoms with Gasteiger partial charge < -0.3 is 25.6 Å². The molecule has 0 aliphatic carbocycles. The molecule has 0 radical (unpaired) electrons. The molecule has 44 heavy (non-hydrogen) atoms. The molecule has 0 spiro atoms. The van der Waals surface area contributed by atoms with E-state index >= 15 is 0 Å². The van der Waals surface area contributed by atoms with Crippen molar-refractivity contribution in [3.05, 3.63) is 93.2 Å². The third-order valence-corrected chi connectivity index (χ3v) is 7.77. The molecule has 1 aromatic heterocycles. The topological polar surface area (TPSA) is 171 Å². The molecule has 2 heterocycles. The van der Waals surface area contributed by atoms with E-state index in [1.54, 1.807) is 37.3 Å². The van der Waals surface area contributed by atoms with E-state index in [0.29, 0.717) is 16.9 Å². The molecule has 4 N–H and O–H groups in total. The second kappa shape index (κ2) is 14.1. The Balaban J connectivity index is 1.54. The van der Waals surface area contributed by atoms with Crippen LogP contribution in [-0.4, -0.2) is 69.3 Å². The van der Waals surface area contributed by atoms with Crippen LogP contribution in [0, 0.1) is 13.8 Å². The monoisotopic (exact) mass is 619 g/mol. The van der Waals surface area contributed by atoms with Gasteiger partial charge in [0.05, 0.1) is 11.0 Å². The number of likely N-dealkylation sites (N-methyl/N-ethyl adjacent to an activating group) is 1. The minimum atomic E-state index is -1.40. The number of benzene rings is 2. The lowest BCUT2D eigenvalue weighted by atomic mass is 10.0. The van der Waals surface area contributed by atoms with E-state index in [4.69, 9.17) is 4.52 Å². The van der Waals surface area contributed by atoms with Gasteiger partial charge in [-0.25, -0.2) is 0 Å². The first kappa shape index (κ1) is 32.2. The van der Waals surface area contributed by atoms with Crippen LogP contribution in [-0.2, 0) is 27.3 Å². The smallest absolute Gasteiger partial charge is 0.293 e. The Morgan fingerprint density at radius 1 is 1.02 bits per heavy atom. The lowest BCUT2D eigenvalue weighted by molar-refractivity contribution is -0.131. The Kier molecular flexibility index (Phi) is 10.3. The first-order chi connectivity index (χ1) is 20.9. The van der Waals surface area contributed by atoms with Crippen molar-refractivity contribution in [1.82, 2.24) is 26.0 Å². The normalized spacial score (nSPS) is 16.0. The van der Waals surface area contributed by atoms with Gasteiger partial charge in [0.1, 0.15) is 17.8 Å². The molecule has 4 rings (SSSR count). The summed E-state index contributed by atoms with van der Waals surface area (Å²) in [5.41, 5.74) is 3.15. The third kappa shape index (κ3) is 8.20. The molecule has 3 atom stereocenters. The van der Waals surface area contributed by atoms with Crippen molar-refractivity contribution in [2.75, 3.05) is 7.05 Å². The van der Waals surface area contributed by atoms with Crippen LogP contribution in [0.4, 0.5) is 4.79 Å². The van der Waals surface area contributed by atoms with Crippen LogP contribution in [0.15, 0.2) is 64.0 Å². The lowest BCUT2D eigenvalue weighted by Crippen LogP contribution is -2.57. The number of aliphatic hydroxyl groups is 1. The fourth-order valence-electron chi connectivity index (χ4n) is 4.33. The van der Waals surface area contributed by atoms with Crippen molar-refractivity contribution in [3.8, 4) is 0 Å². The lowest BCUT2D eigenvalue weighted by Gasteiger charge is -2.24. The Labute approximate surface area is 258 Å². The number of hydrogen-bond donors (Lipinski definition) is 4. The summed E-state index contributed by atoms with van der Waals surface area (Å²) in [6, 6.07) is 13.5. The minimum absolute atomic E-state index is 0.0470. The summed E-state index contributed by atoms with van der Waals surface area (Å²) >= 11 is 0.834. The molecule has 1 aliphatic rings. The Bertz CT molecular complexity index is 1600. The molecule has 230 valence electrons. The van der Waals surface area contributed by atoms with E-state index in [0.717, 1.165) is 27.8 Å². The van der Waals surface area contributed by atoms with E-state index in [2.05, 4.69) is 21.1 Å². The number of carbonyl (C=O) groups is 5. The van der Waals surface area contributed by atoms with Gasteiger partial charge in [-0.05, 0) is 55.3 Å². The largest absolute Gasteiger partial charge is 0.391 e. The number of rotatable bonds is 11. The average molecular weight is 620 g/mol. The molecule has 1 fully saturated rings. The summed E-state index contributed by atoms with van der Waals surface area (Å²) in [5.74, 6) is -2.01. The van der Waals surface area contributed by atoms with Gasteiger partial charge >= 0.3 is 0 Å². The highest BCUT2D eigenvalue weighted by Crippen LogP contribution is 2.31. The van der Waals surface area contributed by atoms with Gasteiger partial charge in [-0.2, -0.15) is 0 Å². The van der Waals surface area contributed by atoms with E-state index in [1.165, 1.54) is 20.0 Å². The minimum Gasteiger partial charge on any atom is -0.391 e. The van der Waals surface area contributed by atoms with Crippen LogP contribution in [0.1, 0.15) is 45.4 Å². The van der Waals surface area contributed by atoms with Crippen LogP contribution in [0.2, 0.25) is 0 Å². The van der Waals surface area contributed by atoms with Crippen LogP contribution in [0.25, 0.3) is 6.08 Å². The fourth-order valence-corrected chi connectivity index (χ4v) is 5.15. The molecule has 0 unspecified atom stereocenters. The van der Waals surface area contributed by atoms with Crippen LogP contribution in [0.3, 0.4) is 0 Å². The highest BCUT2D eigenvalue weighted by molar-refractivity contribution is 8.18. The number of aryl methyl sites for hydroxylation is 2. The molecule has 1 saturated heterocycles. The van der Waals surface area contributed by atoms with Crippen LogP contribution < -0.4 is 16.0 Å². The maximum atomic E-state index is 13.4. The summed E-state index contributed by atoms with van der Waals surface area (Å²) in [6.07, 6.45) is 0.333. The van der Waals surface area contributed by atoms with Gasteiger partial charge in [-0.15, -0.1) is 0 Å². The zero-order chi connectivity index (χ0) is 32.0. The molecule has 0 bridgehead atoms. The second-order valence-electron chi connectivity index (χ2n) is 10.5. The molecular weight excluding hydrogens is 586 g/mol. The van der Waals surface area contributed by atoms with Gasteiger partial charge in [0.15, 0.2) is 5.69 Å². The van der Waals surface area contributed by atoms with E-state index in [1.807, 2.05) is 31.2 Å². The summed E-state index contributed by atoms with van der Waals surface area (Å²) in [4.78, 5) is 65.0. The molecule has 5 amide bonds. The fraction of sp³-hybridized carbons (Fsp3) is 0.290. The first-order valence-electron chi connectivity index (χ1n) is 13.8. The van der Waals surface area contributed by atoms with Crippen molar-refractivity contribution in [1.29, 1.82) is 0 Å². The van der Waals surface area contributed by atoms with Crippen LogP contribution >= 0.6 is 11.8 Å². The number of thioether (sulfide) groups is 1. The zero-order valence-electron chi connectivity index (χ0n) is 24.6. The van der Waals surface area contributed by atoms with Gasteiger partial charge in [0.25, 0.3) is 17.1 Å². The summed E-state index contributed by atoms with van der Waals surface area (Å²) in [7, 11) is 1.41. The summed E-state index contributed by atoms with van der Waals surface area (Å²) < 4.78 is 4.92. The number of hydrogen-bond acceptors (Lipinski definition) is 9. The Morgan fingerprint density at radius 2 is 1.75 bits per heavy atom. The molecule has 2 aromatic carbocycles. The Hall–Kier alpha value is -4.75. The molecule has 13 heteroatoms. The maximum absolute atomic E-state index is 13.4. The van der Waals surface area contributed by atoms with E-state index in [9.17, 15) is 29.1 Å². The van der Waals surface area contributed by atoms with Gasteiger partial charge in [0.2, 0.25) is 11.8 Å². The van der Waals surface area contributed by atoms with Crippen molar-refractivity contribution in [2.45, 2.75) is 51.9 Å². The summed E-state index contributed by atoms with van der Waals surface area (Å²) in [5, 5.41) is 21.6. The molecule has 3 aromatic rings. The van der Waals surface area contributed by atoms with Crippen molar-refractivity contribution in [3.63, 3.8) is 0 Å². The molecular formula is C31H33N5O7S. The molecule has 1 aliphatic heterocycles. The standard InChI is InChI=1S/C31H33N5O7S/c1-17-8-10-20(11-9-17)16-32-27(38)23(33-29(40)26(19(3)37)34-28(39)24-12-18(2)43-35-24)14-21-6-5-7-22(13-21)15-25-30(41)36(4)31(42)44-25/h5-13,15,19,23,26,37H,14,16H2,1-4H3,(H,32,38)(H,33,40)(H,34,39)/t19-,23+,26+/m1/s1. The number of aromatic nitrogens is 1. The second-order valence-corrected chi connectivity index (χ2v) is 11.5. The number of imide groups is 1. The van der Waals surface area contributed by atoms with E-state index < -0.39 is 41.8 Å². The highest BCUT2D eigenvalue weighted by Gasteiger charge is 2.32. The van der Waals surface area contributed by atoms with Crippen molar-refractivity contribution in [2.24, 2.45) is 0 Å². The van der Waals surface area contributed by atoms with Gasteiger partial charge in [-0.1, -0.05) is 59.3 Å². The third-order valence-electron chi connectivity index (χ3n) is 6.81. The van der Waals surface area contributed by atoms with E-state index in [-0.39, 0.29) is 28.8 Å². The summed E-state index contributed by atoms with van der Waals surface area (Å²) in [6.45, 7) is 5.11. The highest BCUT2D eigenvalue weighted by atomic mass is 32.2. The quantitative estimate of drug-likeness (QED) is 0.235. The number of amides is 5. The molecule has 0 saturated carbocycles. The van der Waals surface area contributed by atoms with Gasteiger partial charge in [0, 0.05) is 26.1 Å². The van der Waals surface area contributed by atoms with Crippen LogP contribution in [0.5, 0.6) is 0 Å². The predicted molar refractivity (Wildman–Crippen MR) is 163 cm³/mol. The number of nitrogens with zero attached hydrogens (tertiary/aromatic N) is 2. The Morgan fingerprint density at radius 3 is 2.36 bits per heavy atom. The number of nitrogens with one attached hydrogen (secondary N) is 3. The maximum Gasteiger partial charge on any atom is 0.293 e. The van der Waals surface area contributed by atoms with Crippen molar-refractivity contribution >= 4 is 46.7 Å². The predicted octanol–water partition coefficient (Wildman–Crippen LogP) is 2.48. The number of aliphatic hydroxyl groups excluding tert-OH is 1. The SMILES string of the molecule is Cc1ccc(CNC(=O)[C@H](Cc2cccc(C=C3SC(=O)N(C)C3=O)c2)NC(=O)[C@@H](NC(=O)c2cc(C)on2)[C@@H](C)O)cc1. The number of carbonyl (C=O) groups excluding carboxylic acids is 5. The zero-order valence-corrected chi connectivity index (χ0v) is 25.4. The first-order valence-corrected chi connectivity index (χ1v) is 14.6. The van der Waals surface area contributed by atoms with Crippen molar-refractivity contribution < 1.29 is 33.6 Å². The average Bonchev–Trinajstić information content (AvgIpc) is 3.53. The van der Waals surface area contributed by atoms with Gasteiger partial charge in [-0.3, -0.25) is 28.9 Å².